The molecule has 3 N–H and O–H groups in total. The quantitative estimate of drug-likeness (QED) is 0.506. The smallest absolute Gasteiger partial charge is 0.326 e. The predicted octanol–water partition coefficient (Wildman–Crippen LogP) is 3.04. The lowest BCUT2D eigenvalue weighted by molar-refractivity contribution is 0.374. The monoisotopic (exact) mass is 383 g/mol. The van der Waals surface area contributed by atoms with Crippen molar-refractivity contribution < 1.29 is 9.84 Å². The summed E-state index contributed by atoms with van der Waals surface area (Å²) in [6, 6.07) is 13.9. The Bertz CT molecular complexity index is 1270. The number of aromatic amines is 2. The summed E-state index contributed by atoms with van der Waals surface area (Å²) in [7, 11) is 1.49. The molecule has 4 aromatic rings. The molecule has 4 rings (SSSR count). The van der Waals surface area contributed by atoms with Crippen LogP contribution in [0.5, 0.6) is 11.5 Å². The lowest BCUT2D eigenvalue weighted by atomic mass is 10.0. The highest BCUT2D eigenvalue weighted by Crippen LogP contribution is 2.37. The van der Waals surface area contributed by atoms with E-state index in [0.717, 1.165) is 5.56 Å². The Balaban J connectivity index is 1.85. The molecule has 0 bridgehead atoms. The maximum absolute atomic E-state index is 12.2. The van der Waals surface area contributed by atoms with Crippen molar-refractivity contribution in [1.29, 1.82) is 0 Å². The van der Waals surface area contributed by atoms with Gasteiger partial charge in [0.05, 0.1) is 12.6 Å². The molecule has 0 radical (unpaired) electrons. The first-order valence-corrected chi connectivity index (χ1v) is 8.37. The molecule has 0 aliphatic rings. The zero-order valence-corrected chi connectivity index (χ0v) is 14.9. The third-order valence-corrected chi connectivity index (χ3v) is 4.58. The van der Waals surface area contributed by atoms with Crippen LogP contribution in [0.2, 0.25) is 5.15 Å². The van der Waals surface area contributed by atoms with Gasteiger partial charge in [0.2, 0.25) is 0 Å². The van der Waals surface area contributed by atoms with E-state index in [1.807, 2.05) is 0 Å². The molecule has 2 aromatic heterocycles. The van der Waals surface area contributed by atoms with Gasteiger partial charge in [-0.3, -0.25) is 14.3 Å². The average molecular weight is 384 g/mol. The number of hydrogen-bond acceptors (Lipinski definition) is 4. The van der Waals surface area contributed by atoms with Crippen LogP contribution >= 0.6 is 11.6 Å². The molecule has 2 aromatic carbocycles. The molecule has 27 heavy (non-hydrogen) atoms. The Kier molecular flexibility index (Phi) is 4.01. The molecule has 0 saturated carbocycles. The number of nitrogens with zero attached hydrogens (tertiary/aromatic N) is 1. The first-order chi connectivity index (χ1) is 13.0. The molecule has 2 heterocycles. The largest absolute Gasteiger partial charge is 0.504 e. The van der Waals surface area contributed by atoms with Gasteiger partial charge < -0.3 is 14.8 Å². The van der Waals surface area contributed by atoms with E-state index in [0.29, 0.717) is 22.5 Å². The molecule has 0 spiro atoms. The number of para-hydroxylation sites is 1. The minimum absolute atomic E-state index is 0.0474. The highest BCUT2D eigenvalue weighted by atomic mass is 35.5. The predicted molar refractivity (Wildman–Crippen MR) is 103 cm³/mol. The first-order valence-electron chi connectivity index (χ1n) is 8.00. The minimum Gasteiger partial charge on any atom is -0.504 e. The highest BCUT2D eigenvalue weighted by molar-refractivity contribution is 6.31. The van der Waals surface area contributed by atoms with Crippen LogP contribution in [0.3, 0.4) is 0 Å². The molecule has 8 heteroatoms. The van der Waals surface area contributed by atoms with Crippen LogP contribution in [0.4, 0.5) is 0 Å². The van der Waals surface area contributed by atoms with Crippen molar-refractivity contribution in [3.05, 3.63) is 74.5 Å². The summed E-state index contributed by atoms with van der Waals surface area (Å²) < 4.78 is 6.68. The van der Waals surface area contributed by atoms with E-state index >= 15 is 0 Å². The van der Waals surface area contributed by atoms with Gasteiger partial charge in [0.15, 0.2) is 11.5 Å². The van der Waals surface area contributed by atoms with Gasteiger partial charge in [-0.25, -0.2) is 4.79 Å². The minimum atomic E-state index is -0.592. The lowest BCUT2D eigenvalue weighted by Crippen LogP contribution is -2.22. The van der Waals surface area contributed by atoms with Crippen LogP contribution in [0, 0.1) is 0 Å². The standard InChI is InChI=1S/C19H14ClN3O4/c1-27-14-4-2-3-12(17(14)24)10-5-7-11(8-6-10)23-15(20)9-13-16(23)18(25)22-19(26)21-13/h2-9,24H,1H3,(H2,21,22,25,26). The van der Waals surface area contributed by atoms with Crippen LogP contribution in [0.15, 0.2) is 58.1 Å². The van der Waals surface area contributed by atoms with E-state index in [9.17, 15) is 14.7 Å². The van der Waals surface area contributed by atoms with E-state index < -0.39 is 11.2 Å². The number of halogens is 1. The topological polar surface area (TPSA) is 100 Å². The van der Waals surface area contributed by atoms with Crippen molar-refractivity contribution in [2.45, 2.75) is 0 Å². The fraction of sp³-hybridized carbons (Fsp3) is 0.0526. The molecule has 0 atom stereocenters. The fourth-order valence-electron chi connectivity index (χ4n) is 3.08. The molecule has 0 aliphatic heterocycles. The molecule has 0 aliphatic carbocycles. The Morgan fingerprint density at radius 3 is 2.52 bits per heavy atom. The number of hydrogen-bond donors (Lipinski definition) is 3. The Morgan fingerprint density at radius 1 is 1.07 bits per heavy atom. The van der Waals surface area contributed by atoms with Gasteiger partial charge in [0, 0.05) is 11.3 Å². The lowest BCUT2D eigenvalue weighted by Gasteiger charge is -2.11. The molecule has 0 fully saturated rings. The number of benzene rings is 2. The molecule has 0 unspecified atom stereocenters. The third kappa shape index (κ3) is 2.78. The van der Waals surface area contributed by atoms with Crippen molar-refractivity contribution in [2.75, 3.05) is 7.11 Å². The number of H-pyrrole nitrogens is 2. The van der Waals surface area contributed by atoms with Gasteiger partial charge in [-0.05, 0) is 29.8 Å². The van der Waals surface area contributed by atoms with Gasteiger partial charge in [0.25, 0.3) is 5.56 Å². The van der Waals surface area contributed by atoms with Crippen molar-refractivity contribution in [1.82, 2.24) is 14.5 Å². The number of phenols is 1. The number of phenolic OH excluding ortho intramolecular Hbond substituents is 1. The highest BCUT2D eigenvalue weighted by Gasteiger charge is 2.14. The van der Waals surface area contributed by atoms with Crippen molar-refractivity contribution in [3.63, 3.8) is 0 Å². The van der Waals surface area contributed by atoms with Gasteiger partial charge in [-0.15, -0.1) is 0 Å². The van der Waals surface area contributed by atoms with Crippen LogP contribution < -0.4 is 16.0 Å². The van der Waals surface area contributed by atoms with Crippen LogP contribution in [-0.2, 0) is 0 Å². The van der Waals surface area contributed by atoms with E-state index in [1.54, 1.807) is 47.0 Å². The van der Waals surface area contributed by atoms with Gasteiger partial charge in [0.1, 0.15) is 10.7 Å². The zero-order chi connectivity index (χ0) is 19.1. The Hall–Kier alpha value is -3.45. The van der Waals surface area contributed by atoms with Gasteiger partial charge >= 0.3 is 5.69 Å². The first kappa shape index (κ1) is 17.0. The SMILES string of the molecule is COc1cccc(-c2ccc(-n3c(Cl)cc4[nH]c(=O)[nH]c(=O)c43)cc2)c1O. The summed E-state index contributed by atoms with van der Waals surface area (Å²) in [6.45, 7) is 0. The average Bonchev–Trinajstić information content (AvgIpc) is 2.98. The van der Waals surface area contributed by atoms with E-state index in [2.05, 4.69) is 9.97 Å². The van der Waals surface area contributed by atoms with E-state index in [-0.39, 0.29) is 16.4 Å². The second kappa shape index (κ2) is 6.37. The molecule has 0 amide bonds. The molecular weight excluding hydrogens is 370 g/mol. The van der Waals surface area contributed by atoms with Crippen molar-refractivity contribution in [2.24, 2.45) is 0 Å². The van der Waals surface area contributed by atoms with E-state index in [1.165, 1.54) is 13.2 Å². The van der Waals surface area contributed by atoms with Gasteiger partial charge in [-0.1, -0.05) is 35.9 Å². The molecular formula is C19H14ClN3O4. The Labute approximate surface area is 157 Å². The van der Waals surface area contributed by atoms with Crippen LogP contribution in [0.25, 0.3) is 27.8 Å². The Morgan fingerprint density at radius 2 is 1.81 bits per heavy atom. The van der Waals surface area contributed by atoms with Crippen LogP contribution in [0.1, 0.15) is 0 Å². The summed E-state index contributed by atoms with van der Waals surface area (Å²) in [5, 5.41) is 10.6. The molecule has 0 saturated heterocycles. The number of nitrogens with one attached hydrogen (secondary N) is 2. The van der Waals surface area contributed by atoms with Crippen molar-refractivity contribution in [3.8, 4) is 28.3 Å². The normalized spacial score (nSPS) is 11.0. The zero-order valence-electron chi connectivity index (χ0n) is 14.1. The van der Waals surface area contributed by atoms with Crippen molar-refractivity contribution >= 4 is 22.6 Å². The van der Waals surface area contributed by atoms with Crippen LogP contribution in [-0.4, -0.2) is 26.8 Å². The summed E-state index contributed by atoms with van der Waals surface area (Å²) in [4.78, 5) is 28.4. The number of methoxy groups -OCH3 is 1. The maximum Gasteiger partial charge on any atom is 0.326 e. The number of ether oxygens (including phenoxy) is 1. The summed E-state index contributed by atoms with van der Waals surface area (Å²) in [5.41, 5.74) is 1.50. The molecule has 7 nitrogen and oxygen atoms in total. The fourth-order valence-corrected chi connectivity index (χ4v) is 3.37. The molecule has 136 valence electrons. The number of aromatic nitrogens is 3. The van der Waals surface area contributed by atoms with E-state index in [4.69, 9.17) is 16.3 Å². The second-order valence-corrected chi connectivity index (χ2v) is 6.26. The second-order valence-electron chi connectivity index (χ2n) is 5.88. The summed E-state index contributed by atoms with van der Waals surface area (Å²) in [5.74, 6) is 0.428. The number of fused-ring (bicyclic) bond motifs is 1. The maximum atomic E-state index is 12.2. The third-order valence-electron chi connectivity index (χ3n) is 4.30. The van der Waals surface area contributed by atoms with Gasteiger partial charge in [-0.2, -0.15) is 0 Å². The number of rotatable bonds is 3. The summed E-state index contributed by atoms with van der Waals surface area (Å²) >= 11 is 6.28. The summed E-state index contributed by atoms with van der Waals surface area (Å²) in [6.07, 6.45) is 0. The number of aromatic hydroxyl groups is 1.